The summed E-state index contributed by atoms with van der Waals surface area (Å²) < 4.78 is 6.82. The molecule has 0 heterocycles. The van der Waals surface area contributed by atoms with Gasteiger partial charge in [-0.15, -0.1) is 0 Å². The summed E-state index contributed by atoms with van der Waals surface area (Å²) in [5.74, 6) is 4.10. The Morgan fingerprint density at radius 2 is 1.90 bits per heavy atom. The Labute approximate surface area is 191 Å². The molecule has 0 spiro atoms. The summed E-state index contributed by atoms with van der Waals surface area (Å²) in [6.07, 6.45) is 10.7. The molecule has 3 unspecified atom stereocenters. The Morgan fingerprint density at radius 1 is 1.16 bits per heavy atom. The number of fused-ring (bicyclic) bond motifs is 5. The van der Waals surface area contributed by atoms with Crippen molar-refractivity contribution < 1.29 is 9.22 Å². The highest BCUT2D eigenvalue weighted by Gasteiger charge is 2.54. The van der Waals surface area contributed by atoms with Crippen molar-refractivity contribution in [2.75, 3.05) is 0 Å². The van der Waals surface area contributed by atoms with Gasteiger partial charge in [0, 0.05) is 6.42 Å². The largest absolute Gasteiger partial charge is 0.543 e. The van der Waals surface area contributed by atoms with E-state index in [9.17, 15) is 4.79 Å². The first-order valence-electron chi connectivity index (χ1n) is 12.8. The summed E-state index contributed by atoms with van der Waals surface area (Å²) in [5, 5.41) is 0.216. The first-order valence-corrected chi connectivity index (χ1v) is 15.7. The molecule has 4 rings (SSSR count). The zero-order chi connectivity index (χ0) is 22.6. The van der Waals surface area contributed by atoms with Gasteiger partial charge in [0.05, 0.1) is 0 Å². The van der Waals surface area contributed by atoms with E-state index in [1.54, 1.807) is 11.1 Å². The van der Waals surface area contributed by atoms with E-state index >= 15 is 0 Å². The molecule has 1 aromatic rings. The standard InChI is InChI=1S/C28H44O2Si/c1-8-19-17-24-20(18-26(19)30-31(6,7)27(2,3)4)9-11-23-22(24)13-15-28(5)21(14-16-29)10-12-25(23)28/h16-18,21-23,25H,8-15H2,1-7H3/t21-,22?,23?,25?,28-/m1/s1. The van der Waals surface area contributed by atoms with E-state index in [-0.39, 0.29) is 5.04 Å². The van der Waals surface area contributed by atoms with Gasteiger partial charge in [0.25, 0.3) is 0 Å². The minimum Gasteiger partial charge on any atom is -0.543 e. The fourth-order valence-corrected chi connectivity index (χ4v) is 8.10. The molecule has 0 aromatic heterocycles. The van der Waals surface area contributed by atoms with Crippen molar-refractivity contribution in [2.24, 2.45) is 23.2 Å². The second-order valence-corrected chi connectivity index (χ2v) is 17.2. The molecule has 172 valence electrons. The van der Waals surface area contributed by atoms with Gasteiger partial charge < -0.3 is 9.22 Å². The van der Waals surface area contributed by atoms with E-state index in [0.717, 1.165) is 24.7 Å². The van der Waals surface area contributed by atoms with Crippen LogP contribution in [-0.2, 0) is 17.6 Å². The number of aldehydes is 1. The Bertz CT molecular complexity index is 836. The van der Waals surface area contributed by atoms with Gasteiger partial charge in [-0.1, -0.05) is 40.7 Å². The van der Waals surface area contributed by atoms with E-state index < -0.39 is 8.32 Å². The van der Waals surface area contributed by atoms with E-state index in [1.165, 1.54) is 56.1 Å². The molecule has 0 bridgehead atoms. The lowest BCUT2D eigenvalue weighted by Gasteiger charge is -2.51. The molecule has 2 fully saturated rings. The van der Waals surface area contributed by atoms with Gasteiger partial charge in [0.15, 0.2) is 0 Å². The summed E-state index contributed by atoms with van der Waals surface area (Å²) >= 11 is 0. The number of carbonyl (C=O) groups is 1. The molecule has 2 saturated carbocycles. The fourth-order valence-electron chi connectivity index (χ4n) is 7.06. The van der Waals surface area contributed by atoms with Crippen LogP contribution in [0.1, 0.15) is 95.8 Å². The predicted octanol–water partition coefficient (Wildman–Crippen LogP) is 7.69. The third-order valence-electron chi connectivity index (χ3n) is 10.0. The van der Waals surface area contributed by atoms with Gasteiger partial charge in [-0.2, -0.15) is 0 Å². The zero-order valence-corrected chi connectivity index (χ0v) is 22.0. The molecule has 3 heteroatoms. The van der Waals surface area contributed by atoms with E-state index in [2.05, 4.69) is 59.8 Å². The lowest BCUT2D eigenvalue weighted by Crippen LogP contribution is -2.44. The summed E-state index contributed by atoms with van der Waals surface area (Å²) in [6, 6.07) is 4.97. The monoisotopic (exact) mass is 440 g/mol. The summed E-state index contributed by atoms with van der Waals surface area (Å²) in [7, 11) is -1.84. The molecule has 31 heavy (non-hydrogen) atoms. The molecular weight excluding hydrogens is 396 g/mol. The molecule has 0 aliphatic heterocycles. The first kappa shape index (κ1) is 23.1. The molecule has 0 radical (unpaired) electrons. The smallest absolute Gasteiger partial charge is 0.250 e. The topological polar surface area (TPSA) is 26.3 Å². The maximum atomic E-state index is 11.3. The van der Waals surface area contributed by atoms with Crippen molar-refractivity contribution in [1.82, 2.24) is 0 Å². The van der Waals surface area contributed by atoms with Gasteiger partial charge in [-0.3, -0.25) is 0 Å². The van der Waals surface area contributed by atoms with Crippen LogP contribution in [0.3, 0.4) is 0 Å². The predicted molar refractivity (Wildman–Crippen MR) is 132 cm³/mol. The lowest BCUT2D eigenvalue weighted by molar-refractivity contribution is -0.109. The molecule has 0 amide bonds. The summed E-state index contributed by atoms with van der Waals surface area (Å²) in [6.45, 7) is 16.5. The van der Waals surface area contributed by atoms with Crippen LogP contribution in [0.2, 0.25) is 18.1 Å². The fraction of sp³-hybridized carbons (Fsp3) is 0.750. The maximum Gasteiger partial charge on any atom is 0.250 e. The molecule has 3 aliphatic carbocycles. The second-order valence-electron chi connectivity index (χ2n) is 12.5. The van der Waals surface area contributed by atoms with E-state index in [1.807, 2.05) is 0 Å². The molecule has 5 atom stereocenters. The second kappa shape index (κ2) is 8.04. The van der Waals surface area contributed by atoms with Crippen LogP contribution in [-0.4, -0.2) is 14.6 Å². The lowest BCUT2D eigenvalue weighted by atomic mass is 9.54. The van der Waals surface area contributed by atoms with Gasteiger partial charge in [-0.25, -0.2) is 0 Å². The Balaban J connectivity index is 1.64. The molecule has 1 aromatic carbocycles. The average Bonchev–Trinajstić information content (AvgIpc) is 3.03. The third kappa shape index (κ3) is 3.83. The minimum atomic E-state index is -1.84. The normalized spacial score (nSPS) is 32.7. The van der Waals surface area contributed by atoms with Crippen molar-refractivity contribution in [3.8, 4) is 5.75 Å². The third-order valence-corrected chi connectivity index (χ3v) is 14.4. The van der Waals surface area contributed by atoms with E-state index in [0.29, 0.717) is 17.3 Å². The van der Waals surface area contributed by atoms with Crippen molar-refractivity contribution in [3.05, 3.63) is 28.8 Å². The minimum absolute atomic E-state index is 0.216. The maximum absolute atomic E-state index is 11.3. The highest BCUT2D eigenvalue weighted by Crippen LogP contribution is 2.63. The summed E-state index contributed by atoms with van der Waals surface area (Å²) in [5.41, 5.74) is 4.98. The number of benzene rings is 1. The Morgan fingerprint density at radius 3 is 2.55 bits per heavy atom. The number of hydrogen-bond acceptors (Lipinski definition) is 2. The molecule has 0 N–H and O–H groups in total. The van der Waals surface area contributed by atoms with Crippen molar-refractivity contribution in [1.29, 1.82) is 0 Å². The van der Waals surface area contributed by atoms with Crippen LogP contribution >= 0.6 is 0 Å². The molecular formula is C28H44O2Si. The number of rotatable bonds is 5. The zero-order valence-electron chi connectivity index (χ0n) is 21.0. The van der Waals surface area contributed by atoms with Crippen LogP contribution < -0.4 is 4.43 Å². The molecule has 3 aliphatic rings. The molecule has 2 nitrogen and oxygen atoms in total. The van der Waals surface area contributed by atoms with Crippen molar-refractivity contribution in [3.63, 3.8) is 0 Å². The highest BCUT2D eigenvalue weighted by atomic mass is 28.4. The molecule has 0 saturated heterocycles. The van der Waals surface area contributed by atoms with Crippen LogP contribution in [0, 0.1) is 23.2 Å². The van der Waals surface area contributed by atoms with Gasteiger partial charge >= 0.3 is 0 Å². The SMILES string of the molecule is CCc1cc2c(cc1O[Si](C)(C)C(C)(C)C)CCC1C2CC[C@@]2(C)C1CC[C@@H]2CC=O. The first-order chi connectivity index (χ1) is 14.5. The Hall–Kier alpha value is -1.09. The average molecular weight is 441 g/mol. The van der Waals surface area contributed by atoms with Crippen LogP contribution in [0.4, 0.5) is 0 Å². The number of aryl methyl sites for hydroxylation is 2. The van der Waals surface area contributed by atoms with Crippen molar-refractivity contribution >= 4 is 14.6 Å². The van der Waals surface area contributed by atoms with Gasteiger partial charge in [-0.05, 0) is 115 Å². The van der Waals surface area contributed by atoms with Crippen LogP contribution in [0.15, 0.2) is 12.1 Å². The van der Waals surface area contributed by atoms with Gasteiger partial charge in [0.2, 0.25) is 8.32 Å². The number of carbonyl (C=O) groups excluding carboxylic acids is 1. The quantitative estimate of drug-likeness (QED) is 0.346. The van der Waals surface area contributed by atoms with Gasteiger partial charge in [0.1, 0.15) is 12.0 Å². The van der Waals surface area contributed by atoms with E-state index in [4.69, 9.17) is 4.43 Å². The van der Waals surface area contributed by atoms with Crippen molar-refractivity contribution in [2.45, 2.75) is 110 Å². The van der Waals surface area contributed by atoms with Crippen LogP contribution in [0.5, 0.6) is 5.75 Å². The number of hydrogen-bond donors (Lipinski definition) is 0. The van der Waals surface area contributed by atoms with Crippen LogP contribution in [0.25, 0.3) is 0 Å². The highest BCUT2D eigenvalue weighted by molar-refractivity contribution is 6.74. The Kier molecular flexibility index (Phi) is 5.99. The summed E-state index contributed by atoms with van der Waals surface area (Å²) in [4.78, 5) is 11.3.